The number of hydrogen-bond donors (Lipinski definition) is 3. The summed E-state index contributed by atoms with van der Waals surface area (Å²) in [5, 5.41) is 15.2. The molecule has 1 aliphatic heterocycles. The number of hydrogen-bond acceptors (Lipinski definition) is 4. The second-order valence-electron chi connectivity index (χ2n) is 8.37. The molecule has 2 amide bonds. The lowest BCUT2D eigenvalue weighted by atomic mass is 9.74. The van der Waals surface area contributed by atoms with E-state index in [4.69, 9.17) is 5.73 Å². The van der Waals surface area contributed by atoms with E-state index in [-0.39, 0.29) is 13.1 Å². The number of carbonyl (C=O) groups is 3. The molecule has 7 heteroatoms. The number of nitrogens with two attached hydrogens (primary N) is 1. The van der Waals surface area contributed by atoms with E-state index < -0.39 is 35.3 Å². The molecular formula is C26H27N3O4. The Morgan fingerprint density at radius 3 is 2.39 bits per heavy atom. The number of carboxylic acids is 1. The van der Waals surface area contributed by atoms with Crippen LogP contribution in [0.2, 0.25) is 0 Å². The van der Waals surface area contributed by atoms with Crippen LogP contribution in [0.3, 0.4) is 0 Å². The molecule has 1 saturated heterocycles. The van der Waals surface area contributed by atoms with Crippen molar-refractivity contribution in [3.8, 4) is 0 Å². The molecule has 0 aromatic heterocycles. The predicted octanol–water partition coefficient (Wildman–Crippen LogP) is 2.60. The second kappa shape index (κ2) is 9.03. The number of carboxylic acid groups (broad SMARTS) is 1. The van der Waals surface area contributed by atoms with Gasteiger partial charge in [0.2, 0.25) is 11.8 Å². The summed E-state index contributed by atoms with van der Waals surface area (Å²) in [7, 11) is 0. The summed E-state index contributed by atoms with van der Waals surface area (Å²) in [6.07, 6.45) is 0.479. The molecule has 1 aliphatic rings. The average molecular weight is 446 g/mol. The molecule has 33 heavy (non-hydrogen) atoms. The summed E-state index contributed by atoms with van der Waals surface area (Å²) in [4.78, 5) is 39.9. The van der Waals surface area contributed by atoms with Crippen molar-refractivity contribution >= 4 is 28.6 Å². The van der Waals surface area contributed by atoms with Gasteiger partial charge in [-0.1, -0.05) is 66.7 Å². The van der Waals surface area contributed by atoms with E-state index in [1.807, 2.05) is 66.7 Å². The number of fused-ring (bicyclic) bond motifs is 1. The van der Waals surface area contributed by atoms with Crippen molar-refractivity contribution in [1.82, 2.24) is 10.2 Å². The zero-order valence-corrected chi connectivity index (χ0v) is 18.4. The van der Waals surface area contributed by atoms with Gasteiger partial charge in [-0.2, -0.15) is 0 Å². The summed E-state index contributed by atoms with van der Waals surface area (Å²) in [6, 6.07) is 21.8. The Morgan fingerprint density at radius 2 is 1.73 bits per heavy atom. The van der Waals surface area contributed by atoms with E-state index in [2.05, 4.69) is 5.32 Å². The van der Waals surface area contributed by atoms with E-state index >= 15 is 0 Å². The van der Waals surface area contributed by atoms with E-state index in [0.29, 0.717) is 12.0 Å². The molecule has 4 N–H and O–H groups in total. The van der Waals surface area contributed by atoms with Gasteiger partial charge in [0.15, 0.2) is 5.54 Å². The van der Waals surface area contributed by atoms with Crippen LogP contribution in [0.1, 0.15) is 30.4 Å². The zero-order valence-electron chi connectivity index (χ0n) is 18.4. The molecule has 1 fully saturated rings. The molecule has 0 radical (unpaired) electrons. The third-order valence-electron chi connectivity index (χ3n) is 6.49. The molecule has 1 unspecified atom stereocenters. The number of nitrogens with one attached hydrogen (secondary N) is 1. The molecule has 7 nitrogen and oxygen atoms in total. The van der Waals surface area contributed by atoms with Crippen LogP contribution >= 0.6 is 0 Å². The molecule has 0 bridgehead atoms. The normalized spacial score (nSPS) is 21.0. The largest absolute Gasteiger partial charge is 0.479 e. The van der Waals surface area contributed by atoms with E-state index in [0.717, 1.165) is 16.3 Å². The quantitative estimate of drug-likeness (QED) is 0.540. The molecule has 3 aromatic rings. The van der Waals surface area contributed by atoms with Crippen molar-refractivity contribution in [3.05, 3.63) is 83.9 Å². The van der Waals surface area contributed by atoms with Gasteiger partial charge in [0, 0.05) is 12.5 Å². The van der Waals surface area contributed by atoms with Gasteiger partial charge in [-0.3, -0.25) is 9.59 Å². The molecule has 3 aromatic carbocycles. The Hall–Kier alpha value is -3.71. The van der Waals surface area contributed by atoms with Gasteiger partial charge in [0.1, 0.15) is 6.04 Å². The predicted molar refractivity (Wildman–Crippen MR) is 125 cm³/mol. The van der Waals surface area contributed by atoms with Crippen LogP contribution in [-0.2, 0) is 19.9 Å². The molecule has 0 aliphatic carbocycles. The Kier molecular flexibility index (Phi) is 6.16. The molecule has 1 heterocycles. The maximum atomic E-state index is 13.5. The van der Waals surface area contributed by atoms with Crippen LogP contribution in [0.25, 0.3) is 10.8 Å². The molecule has 0 spiro atoms. The van der Waals surface area contributed by atoms with Gasteiger partial charge in [0.25, 0.3) is 0 Å². The lowest BCUT2D eigenvalue weighted by Gasteiger charge is -2.40. The third kappa shape index (κ3) is 3.85. The monoisotopic (exact) mass is 445 g/mol. The van der Waals surface area contributed by atoms with Crippen molar-refractivity contribution in [2.75, 3.05) is 13.1 Å². The maximum Gasteiger partial charge on any atom is 0.335 e. The van der Waals surface area contributed by atoms with Crippen molar-refractivity contribution in [2.45, 2.75) is 30.8 Å². The van der Waals surface area contributed by atoms with Crippen molar-refractivity contribution in [1.29, 1.82) is 0 Å². The summed E-state index contributed by atoms with van der Waals surface area (Å²) in [6.45, 7) is 1.55. The fraction of sp³-hybridized carbons (Fsp3) is 0.269. The number of rotatable bonds is 6. The molecule has 0 saturated carbocycles. The van der Waals surface area contributed by atoms with Crippen LogP contribution in [0, 0.1) is 0 Å². The van der Waals surface area contributed by atoms with Crippen LogP contribution in [0.15, 0.2) is 72.8 Å². The highest BCUT2D eigenvalue weighted by molar-refractivity contribution is 5.95. The summed E-state index contributed by atoms with van der Waals surface area (Å²) < 4.78 is 0. The molecule has 3 atom stereocenters. The standard InChI is InChI=1S/C26H27N3O4/c1-17(28-23(30)16-27)24(31)29-14-13-22(19-8-3-2-4-9-19)26(29,25(32)33)21-12-11-18-7-5-6-10-20(18)15-21/h2-12,15,17,22H,13-14,16,27H2,1H3,(H,28,30)(H,32,33)/t17-,22?,26-/m0/s1. The fourth-order valence-electron chi connectivity index (χ4n) is 4.98. The highest BCUT2D eigenvalue weighted by Gasteiger charge is 2.58. The number of aliphatic carboxylic acids is 1. The fourth-order valence-corrected chi connectivity index (χ4v) is 4.98. The van der Waals surface area contributed by atoms with Gasteiger partial charge in [-0.15, -0.1) is 0 Å². The number of likely N-dealkylation sites (tertiary alicyclic amines) is 1. The minimum Gasteiger partial charge on any atom is -0.479 e. The van der Waals surface area contributed by atoms with Gasteiger partial charge >= 0.3 is 5.97 Å². The van der Waals surface area contributed by atoms with E-state index in [1.165, 1.54) is 4.90 Å². The smallest absolute Gasteiger partial charge is 0.335 e. The molecular weight excluding hydrogens is 418 g/mol. The summed E-state index contributed by atoms with van der Waals surface area (Å²) in [5.74, 6) is -2.49. The molecule has 4 rings (SSSR count). The van der Waals surface area contributed by atoms with Gasteiger partial charge < -0.3 is 21.1 Å². The Balaban J connectivity index is 1.89. The van der Waals surface area contributed by atoms with Gasteiger partial charge in [-0.25, -0.2) is 4.79 Å². The topological polar surface area (TPSA) is 113 Å². The Labute approximate surface area is 192 Å². The summed E-state index contributed by atoms with van der Waals surface area (Å²) >= 11 is 0. The van der Waals surface area contributed by atoms with Crippen LogP contribution in [-0.4, -0.2) is 46.9 Å². The van der Waals surface area contributed by atoms with E-state index in [1.54, 1.807) is 13.0 Å². The summed E-state index contributed by atoms with van der Waals surface area (Å²) in [5.41, 5.74) is 5.15. The number of nitrogens with zero attached hydrogens (tertiary/aromatic N) is 1. The molecule has 170 valence electrons. The van der Waals surface area contributed by atoms with Crippen molar-refractivity contribution in [2.24, 2.45) is 5.73 Å². The third-order valence-corrected chi connectivity index (χ3v) is 6.49. The van der Waals surface area contributed by atoms with Crippen LogP contribution in [0.5, 0.6) is 0 Å². The lowest BCUT2D eigenvalue weighted by molar-refractivity contribution is -0.159. The highest BCUT2D eigenvalue weighted by atomic mass is 16.4. The first-order valence-corrected chi connectivity index (χ1v) is 11.0. The second-order valence-corrected chi connectivity index (χ2v) is 8.37. The number of amides is 2. The van der Waals surface area contributed by atoms with Crippen molar-refractivity contribution < 1.29 is 19.5 Å². The average Bonchev–Trinajstić information content (AvgIpc) is 3.25. The SMILES string of the molecule is C[C@H](NC(=O)CN)C(=O)N1CCC(c2ccccc2)[C@]1(C(=O)O)c1ccc2ccccc2c1. The van der Waals surface area contributed by atoms with Crippen LogP contribution < -0.4 is 11.1 Å². The minimum atomic E-state index is -1.62. The van der Waals surface area contributed by atoms with E-state index in [9.17, 15) is 19.5 Å². The van der Waals surface area contributed by atoms with Gasteiger partial charge in [0.05, 0.1) is 6.54 Å². The Morgan fingerprint density at radius 1 is 1.06 bits per heavy atom. The first-order valence-electron chi connectivity index (χ1n) is 11.0. The highest BCUT2D eigenvalue weighted by Crippen LogP contribution is 2.50. The maximum absolute atomic E-state index is 13.5. The number of carbonyl (C=O) groups excluding carboxylic acids is 2. The van der Waals surface area contributed by atoms with Crippen molar-refractivity contribution in [3.63, 3.8) is 0 Å². The van der Waals surface area contributed by atoms with Gasteiger partial charge in [-0.05, 0) is 41.3 Å². The zero-order chi connectivity index (χ0) is 23.6. The lowest BCUT2D eigenvalue weighted by Crippen LogP contribution is -2.58. The Bertz CT molecular complexity index is 1200. The minimum absolute atomic E-state index is 0.250. The number of benzene rings is 3. The first-order chi connectivity index (χ1) is 15.9. The first kappa shape index (κ1) is 22.5. The van der Waals surface area contributed by atoms with Crippen LogP contribution in [0.4, 0.5) is 0 Å².